The van der Waals surface area contributed by atoms with Gasteiger partial charge < -0.3 is 5.32 Å². The first-order chi connectivity index (χ1) is 10.7. The second-order valence-electron chi connectivity index (χ2n) is 5.22. The Balaban J connectivity index is 1.62. The lowest BCUT2D eigenvalue weighted by Crippen LogP contribution is -2.13. The summed E-state index contributed by atoms with van der Waals surface area (Å²) in [5.74, 6) is 0.426. The van der Waals surface area contributed by atoms with E-state index in [-0.39, 0.29) is 5.91 Å². The molecule has 0 aliphatic carbocycles. The maximum Gasteiger partial charge on any atom is 0.234 e. The Bertz CT molecular complexity index is 813. The van der Waals surface area contributed by atoms with Gasteiger partial charge in [-0.25, -0.2) is 0 Å². The number of fused-ring (bicyclic) bond motifs is 1. The molecule has 0 fully saturated rings. The van der Waals surface area contributed by atoms with Crippen LogP contribution in [0.4, 0.5) is 5.69 Å². The molecule has 0 heterocycles. The lowest BCUT2D eigenvalue weighted by molar-refractivity contribution is -0.113. The smallest absolute Gasteiger partial charge is 0.234 e. The summed E-state index contributed by atoms with van der Waals surface area (Å²) < 4.78 is 0. The average Bonchev–Trinajstić information content (AvgIpc) is 2.53. The third kappa shape index (κ3) is 3.68. The number of carbonyl (C=O) groups is 1. The van der Waals surface area contributed by atoms with Gasteiger partial charge in [0.1, 0.15) is 0 Å². The lowest BCUT2D eigenvalue weighted by atomic mass is 10.1. The van der Waals surface area contributed by atoms with Gasteiger partial charge >= 0.3 is 0 Å². The van der Waals surface area contributed by atoms with Crippen molar-refractivity contribution >= 4 is 34.1 Å². The Hall–Kier alpha value is -2.26. The fourth-order valence-electron chi connectivity index (χ4n) is 2.33. The van der Waals surface area contributed by atoms with Crippen molar-refractivity contribution in [3.63, 3.8) is 0 Å². The molecule has 3 aromatic rings. The van der Waals surface area contributed by atoms with Crippen molar-refractivity contribution < 1.29 is 4.79 Å². The summed E-state index contributed by atoms with van der Waals surface area (Å²) >= 11 is 1.55. The van der Waals surface area contributed by atoms with Gasteiger partial charge in [0.25, 0.3) is 0 Å². The molecule has 0 aliphatic rings. The Morgan fingerprint density at radius 3 is 2.59 bits per heavy atom. The molecule has 1 N–H and O–H groups in total. The zero-order chi connectivity index (χ0) is 15.4. The van der Waals surface area contributed by atoms with Crippen molar-refractivity contribution in [2.75, 3.05) is 11.1 Å². The SMILES string of the molecule is Cc1cccc(NC(=O)CSc2ccc3ccccc3c2)c1. The molecule has 0 unspecified atom stereocenters. The molecule has 0 spiro atoms. The quantitative estimate of drug-likeness (QED) is 0.696. The first-order valence-corrected chi connectivity index (χ1v) is 8.17. The average molecular weight is 307 g/mol. The van der Waals surface area contributed by atoms with Crippen LogP contribution in [-0.2, 0) is 4.79 Å². The highest BCUT2D eigenvalue weighted by Gasteiger charge is 2.04. The molecule has 0 saturated heterocycles. The molecule has 0 aliphatic heterocycles. The predicted molar refractivity (Wildman–Crippen MR) is 94.5 cm³/mol. The third-order valence-electron chi connectivity index (χ3n) is 3.39. The summed E-state index contributed by atoms with van der Waals surface area (Å²) in [7, 11) is 0. The van der Waals surface area contributed by atoms with Gasteiger partial charge in [0.2, 0.25) is 5.91 Å². The van der Waals surface area contributed by atoms with Crippen LogP contribution >= 0.6 is 11.8 Å². The number of thioether (sulfide) groups is 1. The van der Waals surface area contributed by atoms with Crippen LogP contribution in [0.25, 0.3) is 10.8 Å². The van der Waals surface area contributed by atoms with E-state index < -0.39 is 0 Å². The lowest BCUT2D eigenvalue weighted by Gasteiger charge is -2.06. The summed E-state index contributed by atoms with van der Waals surface area (Å²) in [6.45, 7) is 2.01. The van der Waals surface area contributed by atoms with Crippen molar-refractivity contribution in [2.45, 2.75) is 11.8 Å². The van der Waals surface area contributed by atoms with Crippen LogP contribution in [0.15, 0.2) is 71.6 Å². The second kappa shape index (κ2) is 6.67. The van der Waals surface area contributed by atoms with Crippen LogP contribution in [0, 0.1) is 6.92 Å². The monoisotopic (exact) mass is 307 g/mol. The van der Waals surface area contributed by atoms with E-state index in [1.165, 1.54) is 10.8 Å². The normalized spacial score (nSPS) is 10.6. The fourth-order valence-corrected chi connectivity index (χ4v) is 3.07. The number of carbonyl (C=O) groups excluding carboxylic acids is 1. The summed E-state index contributed by atoms with van der Waals surface area (Å²) in [6, 6.07) is 22.4. The number of hydrogen-bond donors (Lipinski definition) is 1. The summed E-state index contributed by atoms with van der Waals surface area (Å²) in [6.07, 6.45) is 0. The number of hydrogen-bond acceptors (Lipinski definition) is 2. The molecule has 22 heavy (non-hydrogen) atoms. The van der Waals surface area contributed by atoms with E-state index in [1.807, 2.05) is 43.3 Å². The van der Waals surface area contributed by atoms with Crippen molar-refractivity contribution in [1.82, 2.24) is 0 Å². The first kappa shape index (κ1) is 14.7. The van der Waals surface area contributed by atoms with Gasteiger partial charge in [-0.15, -0.1) is 11.8 Å². The second-order valence-corrected chi connectivity index (χ2v) is 6.26. The van der Waals surface area contributed by atoms with Crippen LogP contribution < -0.4 is 5.32 Å². The molecule has 3 rings (SSSR count). The zero-order valence-electron chi connectivity index (χ0n) is 12.4. The zero-order valence-corrected chi connectivity index (χ0v) is 13.2. The first-order valence-electron chi connectivity index (χ1n) is 7.19. The minimum atomic E-state index is 0.0174. The van der Waals surface area contributed by atoms with Gasteiger partial charge in [-0.2, -0.15) is 0 Å². The Morgan fingerprint density at radius 2 is 1.77 bits per heavy atom. The largest absolute Gasteiger partial charge is 0.325 e. The van der Waals surface area contributed by atoms with Crippen molar-refractivity contribution in [3.05, 3.63) is 72.3 Å². The molecular formula is C19H17NOS. The number of benzene rings is 3. The van der Waals surface area contributed by atoms with Crippen molar-refractivity contribution in [1.29, 1.82) is 0 Å². The molecule has 1 amide bonds. The van der Waals surface area contributed by atoms with E-state index in [4.69, 9.17) is 0 Å². The molecule has 0 aromatic heterocycles. The van der Waals surface area contributed by atoms with Gasteiger partial charge in [0.05, 0.1) is 5.75 Å². The Labute approximate surface area is 134 Å². The third-order valence-corrected chi connectivity index (χ3v) is 4.39. The standard InChI is InChI=1S/C19H17NOS/c1-14-5-4-8-17(11-14)20-19(21)13-22-18-10-9-15-6-2-3-7-16(15)12-18/h2-12H,13H2,1H3,(H,20,21). The van der Waals surface area contributed by atoms with Gasteiger partial charge in [0, 0.05) is 10.6 Å². The van der Waals surface area contributed by atoms with Crippen molar-refractivity contribution in [2.24, 2.45) is 0 Å². The van der Waals surface area contributed by atoms with Crippen LogP contribution in [0.1, 0.15) is 5.56 Å². The fraction of sp³-hybridized carbons (Fsp3) is 0.105. The minimum absolute atomic E-state index is 0.0174. The highest BCUT2D eigenvalue weighted by Crippen LogP contribution is 2.23. The van der Waals surface area contributed by atoms with Crippen LogP contribution in [-0.4, -0.2) is 11.7 Å². The summed E-state index contributed by atoms with van der Waals surface area (Å²) in [5.41, 5.74) is 1.99. The molecular weight excluding hydrogens is 290 g/mol. The van der Waals surface area contributed by atoms with E-state index in [9.17, 15) is 4.79 Å². The van der Waals surface area contributed by atoms with E-state index in [1.54, 1.807) is 11.8 Å². The maximum atomic E-state index is 12.0. The minimum Gasteiger partial charge on any atom is -0.325 e. The van der Waals surface area contributed by atoms with E-state index in [0.717, 1.165) is 16.1 Å². The molecule has 0 atom stereocenters. The highest BCUT2D eigenvalue weighted by molar-refractivity contribution is 8.00. The Morgan fingerprint density at radius 1 is 0.955 bits per heavy atom. The Kier molecular flexibility index (Phi) is 4.45. The van der Waals surface area contributed by atoms with E-state index in [2.05, 4.69) is 35.6 Å². The summed E-state index contributed by atoms with van der Waals surface area (Å²) in [4.78, 5) is 13.1. The van der Waals surface area contributed by atoms with E-state index >= 15 is 0 Å². The molecule has 0 bridgehead atoms. The molecule has 0 radical (unpaired) electrons. The van der Waals surface area contributed by atoms with Gasteiger partial charge in [-0.1, -0.05) is 42.5 Å². The number of amides is 1. The number of anilines is 1. The topological polar surface area (TPSA) is 29.1 Å². The number of aryl methyl sites for hydroxylation is 1. The van der Waals surface area contributed by atoms with Crippen molar-refractivity contribution in [3.8, 4) is 0 Å². The summed E-state index contributed by atoms with van der Waals surface area (Å²) in [5, 5.41) is 5.35. The van der Waals surface area contributed by atoms with Gasteiger partial charge in [-0.05, 0) is 47.5 Å². The van der Waals surface area contributed by atoms with Gasteiger partial charge in [0.15, 0.2) is 0 Å². The van der Waals surface area contributed by atoms with Crippen LogP contribution in [0.3, 0.4) is 0 Å². The van der Waals surface area contributed by atoms with E-state index in [0.29, 0.717) is 5.75 Å². The molecule has 2 nitrogen and oxygen atoms in total. The molecule has 3 heteroatoms. The number of rotatable bonds is 4. The van der Waals surface area contributed by atoms with Crippen LogP contribution in [0.5, 0.6) is 0 Å². The van der Waals surface area contributed by atoms with Crippen LogP contribution in [0.2, 0.25) is 0 Å². The maximum absolute atomic E-state index is 12.0. The highest BCUT2D eigenvalue weighted by atomic mass is 32.2. The van der Waals surface area contributed by atoms with Gasteiger partial charge in [-0.3, -0.25) is 4.79 Å². The number of nitrogens with one attached hydrogen (secondary N) is 1. The molecule has 110 valence electrons. The predicted octanol–water partition coefficient (Wildman–Crippen LogP) is 4.88. The molecule has 0 saturated carbocycles. The molecule has 3 aromatic carbocycles.